The molecule has 4 N–H and O–H groups in total. The van der Waals surface area contributed by atoms with Crippen molar-refractivity contribution in [3.8, 4) is 0 Å². The standard InChI is InChI=1S/C23H34FN9O/c1-12-9-31(6)22(2,3)11-32(12)21(34)33-10-14-17(23(33,4)5)29-30-18(14)27-19-15(24)16(13-7-8-13)26-20(25)28-19/h12-13H,7-11H2,1-6H3,(H4,25,26,27,28,29,30)/t12-/m0/s1. The van der Waals surface area contributed by atoms with Gasteiger partial charge in [-0.1, -0.05) is 0 Å². The number of nitrogens with one attached hydrogen (secondary N) is 2. The van der Waals surface area contributed by atoms with E-state index in [-0.39, 0.29) is 35.3 Å². The third kappa shape index (κ3) is 3.57. The number of fused-ring (bicyclic) bond motifs is 1. The summed E-state index contributed by atoms with van der Waals surface area (Å²) in [6, 6.07) is 0.0811. The molecule has 4 heterocycles. The number of H-pyrrole nitrogens is 1. The number of likely N-dealkylation sites (N-methyl/N-ethyl adjacent to an activating group) is 1. The zero-order valence-electron chi connectivity index (χ0n) is 20.7. The Morgan fingerprint density at radius 2 is 1.91 bits per heavy atom. The molecule has 34 heavy (non-hydrogen) atoms. The molecule has 1 saturated carbocycles. The Balaban J connectivity index is 1.41. The number of aromatic amines is 1. The summed E-state index contributed by atoms with van der Waals surface area (Å²) >= 11 is 0. The van der Waals surface area contributed by atoms with Crippen LogP contribution in [0.25, 0.3) is 0 Å². The van der Waals surface area contributed by atoms with Crippen LogP contribution in [0.15, 0.2) is 0 Å². The van der Waals surface area contributed by atoms with Gasteiger partial charge in [-0.05, 0) is 54.5 Å². The third-order valence-corrected chi connectivity index (χ3v) is 7.70. The summed E-state index contributed by atoms with van der Waals surface area (Å²) in [6.07, 6.45) is 1.80. The lowest BCUT2D eigenvalue weighted by molar-refractivity contribution is 0.00695. The first-order chi connectivity index (χ1) is 15.9. The molecule has 184 valence electrons. The lowest BCUT2D eigenvalue weighted by Gasteiger charge is -2.50. The largest absolute Gasteiger partial charge is 0.368 e. The molecule has 1 atom stereocenters. The minimum atomic E-state index is -0.602. The van der Waals surface area contributed by atoms with E-state index in [4.69, 9.17) is 5.73 Å². The summed E-state index contributed by atoms with van der Waals surface area (Å²) < 4.78 is 15.1. The first-order valence-electron chi connectivity index (χ1n) is 11.9. The fourth-order valence-electron chi connectivity index (χ4n) is 5.08. The lowest BCUT2D eigenvalue weighted by atomic mass is 9.96. The van der Waals surface area contributed by atoms with Crippen molar-refractivity contribution in [2.75, 3.05) is 31.2 Å². The highest BCUT2D eigenvalue weighted by Gasteiger charge is 2.48. The molecule has 1 saturated heterocycles. The Labute approximate surface area is 199 Å². The second-order valence-corrected chi connectivity index (χ2v) is 11.1. The number of amides is 2. The van der Waals surface area contributed by atoms with E-state index in [2.05, 4.69) is 58.2 Å². The first-order valence-corrected chi connectivity index (χ1v) is 11.9. The number of aromatic nitrogens is 4. The van der Waals surface area contributed by atoms with Crippen LogP contribution in [0.3, 0.4) is 0 Å². The molecule has 2 aromatic heterocycles. The number of nitrogens with two attached hydrogens (primary N) is 1. The van der Waals surface area contributed by atoms with Gasteiger partial charge in [-0.25, -0.2) is 14.2 Å². The van der Waals surface area contributed by atoms with Crippen LogP contribution in [0.1, 0.15) is 70.3 Å². The molecule has 10 nitrogen and oxygen atoms in total. The molecule has 0 spiro atoms. The quantitative estimate of drug-likeness (QED) is 0.629. The maximum Gasteiger partial charge on any atom is 0.321 e. The summed E-state index contributed by atoms with van der Waals surface area (Å²) in [7, 11) is 2.10. The zero-order valence-corrected chi connectivity index (χ0v) is 20.7. The number of anilines is 3. The van der Waals surface area contributed by atoms with E-state index in [1.165, 1.54) is 0 Å². The molecule has 0 aromatic carbocycles. The van der Waals surface area contributed by atoms with Crippen molar-refractivity contribution in [2.45, 2.75) is 77.0 Å². The van der Waals surface area contributed by atoms with Crippen molar-refractivity contribution in [2.24, 2.45) is 0 Å². The van der Waals surface area contributed by atoms with Crippen molar-refractivity contribution in [1.82, 2.24) is 34.9 Å². The van der Waals surface area contributed by atoms with E-state index in [1.54, 1.807) is 0 Å². The molecule has 11 heteroatoms. The van der Waals surface area contributed by atoms with Crippen LogP contribution in [0.4, 0.5) is 26.8 Å². The fourth-order valence-corrected chi connectivity index (χ4v) is 5.08. The van der Waals surface area contributed by atoms with Gasteiger partial charge in [0.25, 0.3) is 0 Å². The van der Waals surface area contributed by atoms with E-state index >= 15 is 4.39 Å². The van der Waals surface area contributed by atoms with E-state index in [0.717, 1.165) is 30.6 Å². The number of hydrogen-bond donors (Lipinski definition) is 3. The van der Waals surface area contributed by atoms with Crippen molar-refractivity contribution in [1.29, 1.82) is 0 Å². The van der Waals surface area contributed by atoms with Gasteiger partial charge >= 0.3 is 6.03 Å². The maximum atomic E-state index is 15.1. The molecule has 2 fully saturated rings. The summed E-state index contributed by atoms with van der Waals surface area (Å²) in [6.45, 7) is 12.2. The molecule has 2 amide bonds. The number of rotatable bonds is 3. The Hall–Kier alpha value is -2.95. The highest BCUT2D eigenvalue weighted by molar-refractivity contribution is 5.78. The Kier molecular flexibility index (Phi) is 5.05. The molecule has 2 aromatic rings. The Bertz CT molecular complexity index is 1140. The number of nitrogen functional groups attached to an aromatic ring is 1. The number of piperazine rings is 1. The molecule has 0 unspecified atom stereocenters. The minimum absolute atomic E-state index is 0.0114. The third-order valence-electron chi connectivity index (χ3n) is 7.70. The van der Waals surface area contributed by atoms with Crippen molar-refractivity contribution in [3.05, 3.63) is 22.8 Å². The second-order valence-electron chi connectivity index (χ2n) is 11.1. The fraction of sp³-hybridized carbons (Fsp3) is 0.652. The van der Waals surface area contributed by atoms with Crippen LogP contribution in [-0.2, 0) is 12.1 Å². The number of carbonyl (C=O) groups is 1. The van der Waals surface area contributed by atoms with Gasteiger partial charge in [0.05, 0.1) is 23.5 Å². The molecule has 0 radical (unpaired) electrons. The minimum Gasteiger partial charge on any atom is -0.368 e. The van der Waals surface area contributed by atoms with E-state index < -0.39 is 11.4 Å². The van der Waals surface area contributed by atoms with Gasteiger partial charge in [-0.2, -0.15) is 10.1 Å². The van der Waals surface area contributed by atoms with Gasteiger partial charge in [0.2, 0.25) is 5.95 Å². The highest BCUT2D eigenvalue weighted by Crippen LogP contribution is 2.44. The first kappa shape index (κ1) is 22.8. The van der Waals surface area contributed by atoms with Crippen LogP contribution in [-0.4, -0.2) is 72.6 Å². The SMILES string of the molecule is C[C@H]1CN(C)C(C)(C)CN1C(=O)N1Cc2c(Nc3nc(N)nc(C4CC4)c3F)n[nH]c2C1(C)C. The summed E-state index contributed by atoms with van der Waals surface area (Å²) in [5.41, 5.74) is 7.14. The molecule has 1 aliphatic carbocycles. The number of hydrogen-bond acceptors (Lipinski definition) is 7. The van der Waals surface area contributed by atoms with Crippen LogP contribution in [0, 0.1) is 5.82 Å². The van der Waals surface area contributed by atoms with Gasteiger partial charge < -0.3 is 20.9 Å². The molecule has 0 bridgehead atoms. The molecule has 3 aliphatic rings. The van der Waals surface area contributed by atoms with Crippen LogP contribution >= 0.6 is 0 Å². The predicted molar refractivity (Wildman–Crippen MR) is 127 cm³/mol. The summed E-state index contributed by atoms with van der Waals surface area (Å²) in [4.78, 5) is 28.0. The second kappa shape index (κ2) is 7.53. The number of urea groups is 1. The summed E-state index contributed by atoms with van der Waals surface area (Å²) in [5.74, 6) is 0.0936. The lowest BCUT2D eigenvalue weighted by Crippen LogP contribution is -2.65. The maximum absolute atomic E-state index is 15.1. The van der Waals surface area contributed by atoms with E-state index in [9.17, 15) is 4.79 Å². The number of nitrogens with zero attached hydrogens (tertiary/aromatic N) is 6. The Morgan fingerprint density at radius 1 is 1.21 bits per heavy atom. The van der Waals surface area contributed by atoms with Gasteiger partial charge in [-0.15, -0.1) is 0 Å². The molecule has 5 rings (SSSR count). The highest BCUT2D eigenvalue weighted by atomic mass is 19.1. The van der Waals surface area contributed by atoms with Crippen LogP contribution < -0.4 is 11.1 Å². The van der Waals surface area contributed by atoms with Crippen LogP contribution in [0.5, 0.6) is 0 Å². The average molecular weight is 472 g/mol. The Morgan fingerprint density at radius 3 is 2.59 bits per heavy atom. The topological polar surface area (TPSA) is 119 Å². The van der Waals surface area contributed by atoms with Gasteiger partial charge in [0.1, 0.15) is 0 Å². The van der Waals surface area contributed by atoms with E-state index in [1.807, 2.05) is 23.6 Å². The van der Waals surface area contributed by atoms with Crippen LogP contribution in [0.2, 0.25) is 0 Å². The normalized spacial score (nSPS) is 23.8. The van der Waals surface area contributed by atoms with E-state index in [0.29, 0.717) is 24.6 Å². The molecular weight excluding hydrogens is 437 g/mol. The summed E-state index contributed by atoms with van der Waals surface area (Å²) in [5, 5.41) is 10.5. The predicted octanol–water partition coefficient (Wildman–Crippen LogP) is 3.13. The molecular formula is C23H34FN9O. The number of halogens is 1. The van der Waals surface area contributed by atoms with Crippen molar-refractivity contribution in [3.63, 3.8) is 0 Å². The van der Waals surface area contributed by atoms with Gasteiger partial charge in [0, 0.05) is 36.2 Å². The van der Waals surface area contributed by atoms with Gasteiger partial charge in [0.15, 0.2) is 17.5 Å². The van der Waals surface area contributed by atoms with Crippen molar-refractivity contribution < 1.29 is 9.18 Å². The number of carbonyl (C=O) groups excluding carboxylic acids is 1. The smallest absolute Gasteiger partial charge is 0.321 e. The molecule has 2 aliphatic heterocycles. The average Bonchev–Trinajstić information content (AvgIpc) is 3.46. The van der Waals surface area contributed by atoms with Crippen molar-refractivity contribution >= 4 is 23.6 Å². The zero-order chi connectivity index (χ0) is 24.6. The monoisotopic (exact) mass is 471 g/mol. The van der Waals surface area contributed by atoms with Gasteiger partial charge in [-0.3, -0.25) is 10.00 Å².